The average Bonchev–Trinajstić information content (AvgIpc) is 3.79. The third-order valence-corrected chi connectivity index (χ3v) is 8.46. The zero-order chi connectivity index (χ0) is 33.5. The molecule has 2 amide bonds. The number of likely N-dealkylation sites (tertiary alicyclic amines) is 2. The van der Waals surface area contributed by atoms with Crippen molar-refractivity contribution in [2.45, 2.75) is 91.0 Å². The van der Waals surface area contributed by atoms with Crippen molar-refractivity contribution in [1.82, 2.24) is 29.7 Å². The maximum absolute atomic E-state index is 12.8. The van der Waals surface area contributed by atoms with E-state index in [0.29, 0.717) is 18.8 Å². The van der Waals surface area contributed by atoms with Gasteiger partial charge in [-0.2, -0.15) is 0 Å². The highest BCUT2D eigenvalue weighted by Gasteiger charge is 2.39. The van der Waals surface area contributed by atoms with Crippen LogP contribution in [0, 0.1) is 17.8 Å². The summed E-state index contributed by atoms with van der Waals surface area (Å²) in [6.07, 6.45) is 3.75. The molecule has 4 aromatic rings. The molecule has 2 aliphatic rings. The molecule has 2 aromatic heterocycles. The molecule has 2 fully saturated rings. The highest BCUT2D eigenvalue weighted by atomic mass is 16.6. The smallest absolute Gasteiger partial charge is 0.410 e. The zero-order valence-electron chi connectivity index (χ0n) is 28.3. The number of carbonyl (C=O) groups excluding carboxylic acids is 2. The van der Waals surface area contributed by atoms with Gasteiger partial charge < -0.3 is 19.4 Å². The molecule has 10 heteroatoms. The van der Waals surface area contributed by atoms with E-state index in [-0.39, 0.29) is 30.2 Å². The van der Waals surface area contributed by atoms with E-state index >= 15 is 0 Å². The van der Waals surface area contributed by atoms with Crippen LogP contribution in [-0.2, 0) is 9.47 Å². The largest absolute Gasteiger partial charge is 0.444 e. The van der Waals surface area contributed by atoms with Gasteiger partial charge in [-0.15, -0.1) is 0 Å². The molecule has 246 valence electrons. The minimum Gasteiger partial charge on any atom is -0.444 e. The standard InChI is InChI=1S/C37H44N6O4/c1-23-18-20-43(35(45)47-37(5,6)7)31(23)33-38-22-27(39-33)16-12-24-10-13-25(14-11-24)26-15-17-28-29(21-26)41-32(40-28)30-9-8-19-42(30)34(44)46-36(2,3)4/h10-11,13-15,17,21-23,30-31H,8-9,18-20H2,1-7H3,(H,38,39)(H,40,41)/t23-,30+,31+/m1/s1. The lowest BCUT2D eigenvalue weighted by Gasteiger charge is -2.28. The van der Waals surface area contributed by atoms with E-state index in [1.165, 1.54) is 0 Å². The second-order valence-electron chi connectivity index (χ2n) is 14.6. The van der Waals surface area contributed by atoms with Crippen LogP contribution in [0.3, 0.4) is 0 Å². The van der Waals surface area contributed by atoms with Crippen molar-refractivity contribution in [2.24, 2.45) is 5.92 Å². The highest BCUT2D eigenvalue weighted by molar-refractivity contribution is 5.82. The molecule has 47 heavy (non-hydrogen) atoms. The molecule has 0 aliphatic carbocycles. The van der Waals surface area contributed by atoms with Gasteiger partial charge in [0.05, 0.1) is 29.3 Å². The fraction of sp³-hybridized carbons (Fsp3) is 0.459. The second kappa shape index (κ2) is 12.4. The Morgan fingerprint density at radius 1 is 0.830 bits per heavy atom. The topological polar surface area (TPSA) is 116 Å². The van der Waals surface area contributed by atoms with Gasteiger partial charge in [-0.3, -0.25) is 9.80 Å². The van der Waals surface area contributed by atoms with Crippen molar-refractivity contribution >= 4 is 23.2 Å². The Kier molecular flexibility index (Phi) is 8.51. The number of imidazole rings is 2. The van der Waals surface area contributed by atoms with Gasteiger partial charge in [0.1, 0.15) is 28.5 Å². The fourth-order valence-electron chi connectivity index (χ4n) is 6.28. The molecule has 2 aliphatic heterocycles. The number of nitrogens with one attached hydrogen (secondary N) is 2. The number of amides is 2. The van der Waals surface area contributed by atoms with Gasteiger partial charge in [-0.25, -0.2) is 19.6 Å². The van der Waals surface area contributed by atoms with Crippen LogP contribution < -0.4 is 0 Å². The Labute approximate surface area is 276 Å². The van der Waals surface area contributed by atoms with Crippen LogP contribution in [-0.4, -0.2) is 66.2 Å². The molecular weight excluding hydrogens is 592 g/mol. The number of benzene rings is 2. The molecular formula is C37H44N6O4. The Balaban J connectivity index is 1.14. The SMILES string of the molecule is C[C@@H]1CCN(C(=O)OC(C)(C)C)[C@@H]1c1ncc(C#Cc2ccc(-c3ccc4nc([C@@H]5CCCN5C(=O)OC(C)(C)C)[nH]c4c3)cc2)[nH]1. The average molecular weight is 637 g/mol. The number of nitrogens with zero attached hydrogens (tertiary/aromatic N) is 4. The first kappa shape index (κ1) is 32.2. The molecule has 3 atom stereocenters. The first-order valence-electron chi connectivity index (χ1n) is 16.4. The van der Waals surface area contributed by atoms with Crippen molar-refractivity contribution in [3.8, 4) is 23.0 Å². The monoisotopic (exact) mass is 636 g/mol. The minimum absolute atomic E-state index is 0.130. The van der Waals surface area contributed by atoms with Crippen LogP contribution in [0.5, 0.6) is 0 Å². The number of H-pyrrole nitrogens is 2. The van der Waals surface area contributed by atoms with Crippen molar-refractivity contribution in [2.75, 3.05) is 13.1 Å². The summed E-state index contributed by atoms with van der Waals surface area (Å²) in [5.74, 6) is 8.18. The highest BCUT2D eigenvalue weighted by Crippen LogP contribution is 2.37. The first-order valence-corrected chi connectivity index (χ1v) is 16.4. The van der Waals surface area contributed by atoms with Gasteiger partial charge in [-0.1, -0.05) is 31.0 Å². The molecule has 2 aromatic carbocycles. The number of fused-ring (bicyclic) bond motifs is 1. The minimum atomic E-state index is -0.555. The molecule has 2 N–H and O–H groups in total. The summed E-state index contributed by atoms with van der Waals surface area (Å²) in [5, 5.41) is 0. The first-order chi connectivity index (χ1) is 22.2. The van der Waals surface area contributed by atoms with E-state index in [4.69, 9.17) is 14.5 Å². The van der Waals surface area contributed by atoms with Crippen molar-refractivity contribution in [3.63, 3.8) is 0 Å². The van der Waals surface area contributed by atoms with Crippen molar-refractivity contribution in [3.05, 3.63) is 71.6 Å². The van der Waals surface area contributed by atoms with E-state index in [1.807, 2.05) is 59.7 Å². The molecule has 10 nitrogen and oxygen atoms in total. The number of carbonyl (C=O) groups is 2. The summed E-state index contributed by atoms with van der Waals surface area (Å²) in [5.41, 5.74) is 4.38. The molecule has 2 saturated heterocycles. The summed E-state index contributed by atoms with van der Waals surface area (Å²) >= 11 is 0. The van der Waals surface area contributed by atoms with Gasteiger partial charge in [-0.05, 0) is 108 Å². The van der Waals surface area contributed by atoms with Gasteiger partial charge in [0.15, 0.2) is 0 Å². The van der Waals surface area contributed by atoms with E-state index in [2.05, 4.69) is 58.0 Å². The number of hydrogen-bond acceptors (Lipinski definition) is 6. The summed E-state index contributed by atoms with van der Waals surface area (Å²) < 4.78 is 11.3. The van der Waals surface area contributed by atoms with E-state index < -0.39 is 11.2 Å². The van der Waals surface area contributed by atoms with Crippen LogP contribution >= 0.6 is 0 Å². The zero-order valence-corrected chi connectivity index (χ0v) is 28.3. The lowest BCUT2D eigenvalue weighted by molar-refractivity contribution is 0.0197. The van der Waals surface area contributed by atoms with Gasteiger partial charge in [0.25, 0.3) is 0 Å². The van der Waals surface area contributed by atoms with Crippen LogP contribution in [0.25, 0.3) is 22.2 Å². The van der Waals surface area contributed by atoms with E-state index in [0.717, 1.165) is 58.6 Å². The molecule has 6 rings (SSSR count). The molecule has 0 saturated carbocycles. The van der Waals surface area contributed by atoms with Crippen LogP contribution in [0.2, 0.25) is 0 Å². The molecule has 0 radical (unpaired) electrons. The molecule has 0 unspecified atom stereocenters. The van der Waals surface area contributed by atoms with Crippen LogP contribution in [0.1, 0.15) is 103 Å². The lowest BCUT2D eigenvalue weighted by Crippen LogP contribution is -2.37. The predicted molar refractivity (Wildman–Crippen MR) is 180 cm³/mol. The quantitative estimate of drug-likeness (QED) is 0.222. The normalized spacial score (nSPS) is 19.9. The van der Waals surface area contributed by atoms with Gasteiger partial charge in [0.2, 0.25) is 0 Å². The summed E-state index contributed by atoms with van der Waals surface area (Å²) in [7, 11) is 0. The number of aromatic nitrogens is 4. The fourth-order valence-corrected chi connectivity index (χ4v) is 6.28. The molecule has 0 bridgehead atoms. The summed E-state index contributed by atoms with van der Waals surface area (Å²) in [6, 6.07) is 14.0. The van der Waals surface area contributed by atoms with Gasteiger partial charge >= 0.3 is 12.2 Å². The number of aromatic amines is 2. The Morgan fingerprint density at radius 2 is 1.51 bits per heavy atom. The van der Waals surface area contributed by atoms with Crippen molar-refractivity contribution < 1.29 is 19.1 Å². The summed E-state index contributed by atoms with van der Waals surface area (Å²) in [4.78, 5) is 45.4. The van der Waals surface area contributed by atoms with Gasteiger partial charge in [0, 0.05) is 18.7 Å². The lowest BCUT2D eigenvalue weighted by atomic mass is 10.0. The number of hydrogen-bond donors (Lipinski definition) is 2. The Bertz CT molecular complexity index is 1830. The van der Waals surface area contributed by atoms with Crippen molar-refractivity contribution in [1.29, 1.82) is 0 Å². The Morgan fingerprint density at radius 3 is 2.21 bits per heavy atom. The van der Waals surface area contributed by atoms with Crippen LogP contribution in [0.15, 0.2) is 48.7 Å². The second-order valence-corrected chi connectivity index (χ2v) is 14.6. The van der Waals surface area contributed by atoms with E-state index in [1.54, 1.807) is 16.0 Å². The number of rotatable bonds is 3. The Hall–Kier alpha value is -4.78. The maximum atomic E-state index is 12.8. The number of ether oxygens (including phenoxy) is 2. The summed E-state index contributed by atoms with van der Waals surface area (Å²) in [6.45, 7) is 14.7. The molecule has 0 spiro atoms. The molecule has 4 heterocycles. The third-order valence-electron chi connectivity index (χ3n) is 8.46. The van der Waals surface area contributed by atoms with E-state index in [9.17, 15) is 9.59 Å². The van der Waals surface area contributed by atoms with Crippen LogP contribution in [0.4, 0.5) is 9.59 Å². The predicted octanol–water partition coefficient (Wildman–Crippen LogP) is 7.74. The third kappa shape index (κ3) is 7.30. The maximum Gasteiger partial charge on any atom is 0.410 e.